The van der Waals surface area contributed by atoms with Crippen molar-refractivity contribution in [1.29, 1.82) is 5.26 Å². The Hall–Kier alpha value is -2.03. The van der Waals surface area contributed by atoms with Gasteiger partial charge in [-0.25, -0.2) is 4.79 Å². The highest BCUT2D eigenvalue weighted by Crippen LogP contribution is 2.29. The van der Waals surface area contributed by atoms with Crippen molar-refractivity contribution < 1.29 is 0 Å². The molecule has 1 heterocycles. The minimum atomic E-state index is -0.542. The summed E-state index contributed by atoms with van der Waals surface area (Å²) in [6.07, 6.45) is 4.85. The molecule has 1 aliphatic rings. The summed E-state index contributed by atoms with van der Waals surface area (Å²) in [5, 5.41) is 12.4. The van der Waals surface area contributed by atoms with Crippen LogP contribution in [0.1, 0.15) is 38.2 Å². The molecule has 1 N–H and O–H groups in total. The molecule has 6 nitrogen and oxygen atoms in total. The van der Waals surface area contributed by atoms with Crippen molar-refractivity contribution in [1.82, 2.24) is 9.13 Å². The van der Waals surface area contributed by atoms with Crippen LogP contribution in [-0.4, -0.2) is 15.7 Å². The molecule has 0 radical (unpaired) electrons. The number of nitrogens with zero attached hydrogens (tertiary/aromatic N) is 3. The van der Waals surface area contributed by atoms with Gasteiger partial charge in [-0.05, 0) is 18.3 Å². The summed E-state index contributed by atoms with van der Waals surface area (Å²) in [7, 11) is 2.97. The van der Waals surface area contributed by atoms with Gasteiger partial charge in [0.1, 0.15) is 11.9 Å². The van der Waals surface area contributed by atoms with Crippen LogP contribution in [-0.2, 0) is 14.1 Å². The van der Waals surface area contributed by atoms with E-state index in [0.717, 1.165) is 11.0 Å². The van der Waals surface area contributed by atoms with Crippen molar-refractivity contribution in [2.75, 3.05) is 11.9 Å². The molecule has 1 aromatic rings. The maximum absolute atomic E-state index is 12.0. The van der Waals surface area contributed by atoms with Crippen LogP contribution in [0.15, 0.2) is 9.59 Å². The Bertz CT molecular complexity index is 681. The Balaban J connectivity index is 2.30. The Labute approximate surface area is 124 Å². The average molecular weight is 290 g/mol. The highest BCUT2D eigenvalue weighted by molar-refractivity contribution is 5.51. The predicted octanol–water partition coefficient (Wildman–Crippen LogP) is 1.19. The van der Waals surface area contributed by atoms with Gasteiger partial charge in [-0.1, -0.05) is 26.2 Å². The van der Waals surface area contributed by atoms with Gasteiger partial charge in [0.25, 0.3) is 5.56 Å². The van der Waals surface area contributed by atoms with Gasteiger partial charge in [-0.3, -0.25) is 13.9 Å². The second-order valence-electron chi connectivity index (χ2n) is 5.94. The van der Waals surface area contributed by atoms with Gasteiger partial charge in [-0.2, -0.15) is 5.26 Å². The predicted molar refractivity (Wildman–Crippen MR) is 81.3 cm³/mol. The number of hydrogen-bond acceptors (Lipinski definition) is 4. The molecule has 21 heavy (non-hydrogen) atoms. The summed E-state index contributed by atoms with van der Waals surface area (Å²) in [6, 6.07) is 1.92. The van der Waals surface area contributed by atoms with Crippen molar-refractivity contribution in [3.63, 3.8) is 0 Å². The van der Waals surface area contributed by atoms with E-state index >= 15 is 0 Å². The number of anilines is 1. The van der Waals surface area contributed by atoms with Gasteiger partial charge in [0.15, 0.2) is 5.56 Å². The molecule has 0 spiro atoms. The molecule has 0 amide bonds. The van der Waals surface area contributed by atoms with Crippen molar-refractivity contribution in [2.45, 2.75) is 32.6 Å². The third-order valence-corrected chi connectivity index (χ3v) is 4.60. The van der Waals surface area contributed by atoms with Crippen LogP contribution in [0, 0.1) is 23.2 Å². The normalized spacial score (nSPS) is 21.8. The van der Waals surface area contributed by atoms with Crippen LogP contribution in [0.25, 0.3) is 0 Å². The van der Waals surface area contributed by atoms with Gasteiger partial charge in [-0.15, -0.1) is 0 Å². The molecule has 0 bridgehead atoms. The smallest absolute Gasteiger partial charge is 0.332 e. The Morgan fingerprint density at radius 2 is 1.90 bits per heavy atom. The zero-order valence-electron chi connectivity index (χ0n) is 12.8. The zero-order valence-corrected chi connectivity index (χ0v) is 12.8. The highest BCUT2D eigenvalue weighted by atomic mass is 16.2. The van der Waals surface area contributed by atoms with Crippen molar-refractivity contribution >= 4 is 5.82 Å². The van der Waals surface area contributed by atoms with Crippen molar-refractivity contribution in [3.05, 3.63) is 26.4 Å². The first kappa shape index (κ1) is 15.4. The fraction of sp³-hybridized carbons (Fsp3) is 0.667. The number of rotatable bonds is 3. The average Bonchev–Trinajstić information content (AvgIpc) is 2.49. The summed E-state index contributed by atoms with van der Waals surface area (Å²) < 4.78 is 2.31. The molecular formula is C15H22N4O2. The highest BCUT2D eigenvalue weighted by Gasteiger charge is 2.22. The molecule has 0 saturated heterocycles. The summed E-state index contributed by atoms with van der Waals surface area (Å²) in [6.45, 7) is 2.93. The first-order valence-corrected chi connectivity index (χ1v) is 7.41. The van der Waals surface area contributed by atoms with Gasteiger partial charge >= 0.3 is 5.69 Å². The standard InChI is InChI=1S/C15H22N4O2/c1-10-6-4-5-7-11(10)9-17-13-12(8-16)14(20)19(3)15(21)18(13)2/h10-11,17H,4-7,9H2,1-3H3. The van der Waals surface area contributed by atoms with Crippen molar-refractivity contribution in [2.24, 2.45) is 25.9 Å². The lowest BCUT2D eigenvalue weighted by molar-refractivity contribution is 0.268. The van der Waals surface area contributed by atoms with E-state index in [9.17, 15) is 14.9 Å². The molecular weight excluding hydrogens is 268 g/mol. The van der Waals surface area contributed by atoms with Crippen molar-refractivity contribution in [3.8, 4) is 6.07 Å². The topological polar surface area (TPSA) is 79.8 Å². The lowest BCUT2D eigenvalue weighted by Crippen LogP contribution is -2.40. The maximum atomic E-state index is 12.0. The number of nitrogens with one attached hydrogen (secondary N) is 1. The van der Waals surface area contributed by atoms with Crippen LogP contribution >= 0.6 is 0 Å². The first-order valence-electron chi connectivity index (χ1n) is 7.41. The lowest BCUT2D eigenvalue weighted by Gasteiger charge is -2.29. The number of hydrogen-bond donors (Lipinski definition) is 1. The van der Waals surface area contributed by atoms with Crippen LogP contribution in [0.3, 0.4) is 0 Å². The monoisotopic (exact) mass is 290 g/mol. The van der Waals surface area contributed by atoms with E-state index in [0.29, 0.717) is 24.2 Å². The first-order chi connectivity index (χ1) is 9.97. The molecule has 0 aliphatic heterocycles. The molecule has 114 valence electrons. The molecule has 2 rings (SSSR count). The summed E-state index contributed by atoms with van der Waals surface area (Å²) in [5.74, 6) is 1.48. The van der Waals surface area contributed by atoms with Crippen LogP contribution in [0.4, 0.5) is 5.82 Å². The maximum Gasteiger partial charge on any atom is 0.332 e. The SMILES string of the molecule is CC1CCCCC1CNc1c(C#N)c(=O)n(C)c(=O)n1C. The van der Waals surface area contributed by atoms with E-state index in [1.165, 1.54) is 30.9 Å². The second-order valence-corrected chi connectivity index (χ2v) is 5.94. The van der Waals surface area contributed by atoms with E-state index in [1.807, 2.05) is 6.07 Å². The zero-order chi connectivity index (χ0) is 15.6. The van der Waals surface area contributed by atoms with E-state index in [1.54, 1.807) is 7.05 Å². The molecule has 1 saturated carbocycles. The fourth-order valence-corrected chi connectivity index (χ4v) is 3.08. The van der Waals surface area contributed by atoms with E-state index in [-0.39, 0.29) is 5.56 Å². The van der Waals surface area contributed by atoms with Crippen LogP contribution < -0.4 is 16.6 Å². The lowest BCUT2D eigenvalue weighted by atomic mass is 9.80. The number of nitriles is 1. The minimum Gasteiger partial charge on any atom is -0.370 e. The Morgan fingerprint density at radius 1 is 1.24 bits per heavy atom. The second kappa shape index (κ2) is 6.17. The van der Waals surface area contributed by atoms with Gasteiger partial charge in [0, 0.05) is 20.6 Å². The molecule has 1 fully saturated rings. The van der Waals surface area contributed by atoms with E-state index in [2.05, 4.69) is 12.2 Å². The van der Waals surface area contributed by atoms with Gasteiger partial charge in [0.05, 0.1) is 0 Å². The largest absolute Gasteiger partial charge is 0.370 e. The quantitative estimate of drug-likeness (QED) is 0.907. The van der Waals surface area contributed by atoms with Crippen LogP contribution in [0.5, 0.6) is 0 Å². The summed E-state index contributed by atoms with van der Waals surface area (Å²) >= 11 is 0. The van der Waals surface area contributed by atoms with Gasteiger partial charge in [0.2, 0.25) is 0 Å². The van der Waals surface area contributed by atoms with E-state index < -0.39 is 11.2 Å². The van der Waals surface area contributed by atoms with Gasteiger partial charge < -0.3 is 5.32 Å². The summed E-state index contributed by atoms with van der Waals surface area (Å²) in [4.78, 5) is 24.0. The Morgan fingerprint density at radius 3 is 2.52 bits per heavy atom. The molecule has 2 atom stereocenters. The van der Waals surface area contributed by atoms with Crippen LogP contribution in [0.2, 0.25) is 0 Å². The molecule has 0 aromatic carbocycles. The molecule has 6 heteroatoms. The third-order valence-electron chi connectivity index (χ3n) is 4.60. The third kappa shape index (κ3) is 2.87. The number of aromatic nitrogens is 2. The Kier molecular flexibility index (Phi) is 4.51. The van der Waals surface area contributed by atoms with E-state index in [4.69, 9.17) is 0 Å². The summed E-state index contributed by atoms with van der Waals surface area (Å²) in [5.41, 5.74) is -0.957. The molecule has 1 aliphatic carbocycles. The molecule has 1 aromatic heterocycles. The molecule has 2 unspecified atom stereocenters. The fourth-order valence-electron chi connectivity index (χ4n) is 3.08. The minimum absolute atomic E-state index is 0.00284.